The second-order valence-electron chi connectivity index (χ2n) is 9.41. The third-order valence-corrected chi connectivity index (χ3v) is 7.16. The van der Waals surface area contributed by atoms with E-state index < -0.39 is 0 Å². The van der Waals surface area contributed by atoms with Crippen LogP contribution in [0.25, 0.3) is 11.0 Å². The van der Waals surface area contributed by atoms with Gasteiger partial charge in [0.2, 0.25) is 0 Å². The molecular formula is C27H32N4O3. The number of rotatable bonds is 6. The van der Waals surface area contributed by atoms with Gasteiger partial charge in [0.15, 0.2) is 0 Å². The quantitative estimate of drug-likeness (QED) is 0.559. The number of hydrogen-bond donors (Lipinski definition) is 1. The number of likely N-dealkylation sites (tertiary alicyclic amines) is 1. The first-order valence-electron chi connectivity index (χ1n) is 12.3. The molecule has 34 heavy (non-hydrogen) atoms. The molecule has 5 rings (SSSR count). The molecule has 2 amide bonds. The Balaban J connectivity index is 1.55. The highest BCUT2D eigenvalue weighted by Crippen LogP contribution is 2.35. The van der Waals surface area contributed by atoms with E-state index in [0.717, 1.165) is 43.1 Å². The summed E-state index contributed by atoms with van der Waals surface area (Å²) in [6.07, 6.45) is 9.48. The van der Waals surface area contributed by atoms with Crippen LogP contribution in [0, 0.1) is 0 Å². The minimum Gasteiger partial charge on any atom is -0.383 e. The van der Waals surface area contributed by atoms with Crippen LogP contribution in [-0.4, -0.2) is 52.6 Å². The van der Waals surface area contributed by atoms with Crippen molar-refractivity contribution in [1.82, 2.24) is 14.5 Å². The maximum absolute atomic E-state index is 14.0. The number of ether oxygens (including phenoxy) is 1. The van der Waals surface area contributed by atoms with Gasteiger partial charge in [-0.3, -0.25) is 9.59 Å². The van der Waals surface area contributed by atoms with Crippen LogP contribution in [0.5, 0.6) is 0 Å². The molecule has 1 N–H and O–H groups in total. The summed E-state index contributed by atoms with van der Waals surface area (Å²) >= 11 is 0. The number of benzene rings is 2. The zero-order chi connectivity index (χ0) is 23.5. The Bertz CT molecular complexity index is 1170. The minimum atomic E-state index is -0.205. The topological polar surface area (TPSA) is 76.5 Å². The molecule has 0 bridgehead atoms. The highest BCUT2D eigenvalue weighted by molar-refractivity contribution is 6.09. The molecule has 1 saturated carbocycles. The van der Waals surface area contributed by atoms with Crippen LogP contribution in [0.4, 0.5) is 5.69 Å². The van der Waals surface area contributed by atoms with Gasteiger partial charge in [0.05, 0.1) is 35.6 Å². The molecule has 178 valence electrons. The highest BCUT2D eigenvalue weighted by atomic mass is 16.5. The van der Waals surface area contributed by atoms with Crippen molar-refractivity contribution in [2.24, 2.45) is 0 Å². The molecule has 1 saturated heterocycles. The van der Waals surface area contributed by atoms with E-state index in [4.69, 9.17) is 4.74 Å². The number of fused-ring (bicyclic) bond motifs is 1. The second kappa shape index (κ2) is 9.97. The van der Waals surface area contributed by atoms with Gasteiger partial charge in [0.25, 0.3) is 11.8 Å². The Kier molecular flexibility index (Phi) is 6.63. The lowest BCUT2D eigenvalue weighted by atomic mass is 10.0. The largest absolute Gasteiger partial charge is 0.383 e. The van der Waals surface area contributed by atoms with E-state index in [0.29, 0.717) is 36.0 Å². The number of methoxy groups -OCH3 is 1. The van der Waals surface area contributed by atoms with E-state index in [2.05, 4.69) is 14.9 Å². The van der Waals surface area contributed by atoms with Crippen LogP contribution >= 0.6 is 0 Å². The predicted molar refractivity (Wildman–Crippen MR) is 132 cm³/mol. The van der Waals surface area contributed by atoms with Gasteiger partial charge in [-0.1, -0.05) is 31.0 Å². The van der Waals surface area contributed by atoms with Gasteiger partial charge in [-0.05, 0) is 56.4 Å². The van der Waals surface area contributed by atoms with Gasteiger partial charge in [-0.25, -0.2) is 4.98 Å². The van der Waals surface area contributed by atoms with Crippen molar-refractivity contribution in [3.63, 3.8) is 0 Å². The van der Waals surface area contributed by atoms with Crippen molar-refractivity contribution in [2.75, 3.05) is 25.6 Å². The summed E-state index contributed by atoms with van der Waals surface area (Å²) in [5.41, 5.74) is 3.37. The average molecular weight is 461 g/mol. The Morgan fingerprint density at radius 1 is 1.06 bits per heavy atom. The SMILES string of the molecule is COCC1CCCCN1C(=O)c1cc(NC(=O)c2ccccc2)cc2ncn(C3CCCC3)c12. The fraction of sp³-hybridized carbons (Fsp3) is 0.444. The van der Waals surface area contributed by atoms with Crippen molar-refractivity contribution in [3.8, 4) is 0 Å². The first-order valence-corrected chi connectivity index (χ1v) is 12.3. The minimum absolute atomic E-state index is 0.0118. The molecule has 2 aromatic carbocycles. The summed E-state index contributed by atoms with van der Waals surface area (Å²) in [6.45, 7) is 1.24. The third kappa shape index (κ3) is 4.44. The fourth-order valence-corrected chi connectivity index (χ4v) is 5.45. The molecule has 1 atom stereocenters. The fourth-order valence-electron chi connectivity index (χ4n) is 5.45. The molecule has 2 fully saturated rings. The third-order valence-electron chi connectivity index (χ3n) is 7.16. The van der Waals surface area contributed by atoms with Crippen LogP contribution in [0.2, 0.25) is 0 Å². The normalized spacial score (nSPS) is 19.0. The molecule has 2 aliphatic rings. The number of nitrogens with zero attached hydrogens (tertiary/aromatic N) is 3. The number of piperidine rings is 1. The Hall–Kier alpha value is -3.19. The Morgan fingerprint density at radius 3 is 2.59 bits per heavy atom. The van der Waals surface area contributed by atoms with E-state index in [1.54, 1.807) is 19.2 Å². The molecule has 2 heterocycles. The van der Waals surface area contributed by atoms with E-state index in [1.807, 2.05) is 41.6 Å². The van der Waals surface area contributed by atoms with Gasteiger partial charge in [0, 0.05) is 30.9 Å². The predicted octanol–water partition coefficient (Wildman–Crippen LogP) is 5.04. The standard InChI is InChI=1S/C27H32N4O3/c1-34-17-22-13-7-8-14-30(22)27(33)23-15-20(29-26(32)19-9-3-2-4-10-19)16-24-25(23)31(18-28-24)21-11-5-6-12-21/h2-4,9-10,15-16,18,21-22H,5-8,11-14,17H2,1H3,(H,29,32). The molecule has 0 spiro atoms. The summed E-state index contributed by atoms with van der Waals surface area (Å²) < 4.78 is 7.62. The van der Waals surface area contributed by atoms with Crippen molar-refractivity contribution in [2.45, 2.75) is 57.0 Å². The summed E-state index contributed by atoms with van der Waals surface area (Å²) in [7, 11) is 1.68. The molecule has 7 nitrogen and oxygen atoms in total. The molecule has 3 aromatic rings. The van der Waals surface area contributed by atoms with Crippen molar-refractivity contribution < 1.29 is 14.3 Å². The van der Waals surface area contributed by atoms with Crippen LogP contribution in [0.3, 0.4) is 0 Å². The summed E-state index contributed by atoms with van der Waals surface area (Å²) in [5.74, 6) is -0.217. The monoisotopic (exact) mass is 460 g/mol. The molecule has 1 aliphatic heterocycles. The van der Waals surface area contributed by atoms with Gasteiger partial charge in [-0.15, -0.1) is 0 Å². The molecule has 1 aromatic heterocycles. The van der Waals surface area contributed by atoms with Crippen molar-refractivity contribution in [1.29, 1.82) is 0 Å². The van der Waals surface area contributed by atoms with Gasteiger partial charge in [-0.2, -0.15) is 0 Å². The van der Waals surface area contributed by atoms with E-state index in [9.17, 15) is 9.59 Å². The summed E-state index contributed by atoms with van der Waals surface area (Å²) in [5, 5.41) is 2.98. The Morgan fingerprint density at radius 2 is 1.82 bits per heavy atom. The van der Waals surface area contributed by atoms with E-state index in [1.165, 1.54) is 12.8 Å². The molecule has 1 aliphatic carbocycles. The van der Waals surface area contributed by atoms with Gasteiger partial charge >= 0.3 is 0 Å². The number of aromatic nitrogens is 2. The number of nitrogens with one attached hydrogen (secondary N) is 1. The van der Waals surface area contributed by atoms with Crippen LogP contribution in [0.15, 0.2) is 48.8 Å². The van der Waals surface area contributed by atoms with Crippen LogP contribution in [0.1, 0.15) is 71.7 Å². The highest BCUT2D eigenvalue weighted by Gasteiger charge is 2.31. The molecule has 0 radical (unpaired) electrons. The van der Waals surface area contributed by atoms with Gasteiger partial charge < -0.3 is 19.5 Å². The number of hydrogen-bond acceptors (Lipinski definition) is 4. The Labute approximate surface area is 200 Å². The number of anilines is 1. The maximum Gasteiger partial charge on any atom is 0.256 e. The van der Waals surface area contributed by atoms with Gasteiger partial charge in [0.1, 0.15) is 0 Å². The first kappa shape index (κ1) is 22.6. The van der Waals surface area contributed by atoms with Crippen molar-refractivity contribution in [3.05, 3.63) is 59.9 Å². The van der Waals surface area contributed by atoms with Crippen LogP contribution in [-0.2, 0) is 4.74 Å². The zero-order valence-corrected chi connectivity index (χ0v) is 19.7. The number of amides is 2. The molecular weight excluding hydrogens is 428 g/mol. The van der Waals surface area contributed by atoms with Crippen LogP contribution < -0.4 is 5.32 Å². The van der Waals surface area contributed by atoms with Crippen molar-refractivity contribution >= 4 is 28.5 Å². The molecule has 7 heteroatoms. The van der Waals surface area contributed by atoms with E-state index in [-0.39, 0.29) is 17.9 Å². The second-order valence-corrected chi connectivity index (χ2v) is 9.41. The lowest BCUT2D eigenvalue weighted by molar-refractivity contribution is 0.0429. The average Bonchev–Trinajstić information content (AvgIpc) is 3.54. The smallest absolute Gasteiger partial charge is 0.256 e. The summed E-state index contributed by atoms with van der Waals surface area (Å²) in [4.78, 5) is 33.4. The maximum atomic E-state index is 14.0. The summed E-state index contributed by atoms with van der Waals surface area (Å²) in [6, 6.07) is 13.2. The molecule has 1 unspecified atom stereocenters. The number of carbonyl (C=O) groups excluding carboxylic acids is 2. The van der Waals surface area contributed by atoms with E-state index >= 15 is 0 Å². The lowest BCUT2D eigenvalue weighted by Gasteiger charge is -2.35. The number of carbonyl (C=O) groups is 2. The lowest BCUT2D eigenvalue weighted by Crippen LogP contribution is -2.46. The number of imidazole rings is 1. The first-order chi connectivity index (χ1) is 16.7. The zero-order valence-electron chi connectivity index (χ0n) is 19.7.